The van der Waals surface area contributed by atoms with Gasteiger partial charge in [-0.2, -0.15) is 5.10 Å². The van der Waals surface area contributed by atoms with E-state index in [1.54, 1.807) is 11.1 Å². The van der Waals surface area contributed by atoms with Gasteiger partial charge in [0.1, 0.15) is 0 Å². The van der Waals surface area contributed by atoms with Crippen molar-refractivity contribution >= 4 is 0 Å². The summed E-state index contributed by atoms with van der Waals surface area (Å²) in [6, 6.07) is 9.48. The third-order valence-corrected chi connectivity index (χ3v) is 4.27. The highest BCUT2D eigenvalue weighted by Crippen LogP contribution is 2.25. The van der Waals surface area contributed by atoms with E-state index < -0.39 is 0 Å². The van der Waals surface area contributed by atoms with Crippen LogP contribution in [0.4, 0.5) is 0 Å². The van der Waals surface area contributed by atoms with Crippen LogP contribution < -0.4 is 5.32 Å². The molecule has 0 radical (unpaired) electrons. The van der Waals surface area contributed by atoms with Crippen LogP contribution in [0.1, 0.15) is 41.8 Å². The van der Waals surface area contributed by atoms with Gasteiger partial charge in [0.2, 0.25) is 0 Å². The van der Waals surface area contributed by atoms with Gasteiger partial charge >= 0.3 is 0 Å². The molecule has 0 saturated heterocycles. The van der Waals surface area contributed by atoms with Crippen molar-refractivity contribution < 1.29 is 0 Å². The number of likely N-dealkylation sites (N-methyl/N-ethyl adjacent to an activating group) is 1. The summed E-state index contributed by atoms with van der Waals surface area (Å²) in [7, 11) is 2.02. The Bertz CT molecular complexity index is 586. The molecule has 1 heterocycles. The molecule has 106 valence electrons. The fourth-order valence-electron chi connectivity index (χ4n) is 3.24. The van der Waals surface area contributed by atoms with Crippen molar-refractivity contribution in [2.45, 2.75) is 38.6 Å². The molecule has 0 amide bonds. The first-order valence-electron chi connectivity index (χ1n) is 7.60. The number of hydrogen-bond donors (Lipinski definition) is 1. The van der Waals surface area contributed by atoms with Gasteiger partial charge in [-0.1, -0.05) is 25.1 Å². The first kappa shape index (κ1) is 13.4. The molecule has 0 bridgehead atoms. The lowest BCUT2D eigenvalue weighted by atomic mass is 9.99. The van der Waals surface area contributed by atoms with Crippen molar-refractivity contribution in [3.63, 3.8) is 0 Å². The van der Waals surface area contributed by atoms with Gasteiger partial charge in [-0.05, 0) is 55.0 Å². The summed E-state index contributed by atoms with van der Waals surface area (Å²) in [5, 5.41) is 7.88. The smallest absolute Gasteiger partial charge is 0.0553 e. The highest BCUT2D eigenvalue weighted by atomic mass is 15.3. The SMILES string of the molecule is CCNC(Cc1ccc2c(c1)CCC2)c1ccnn1C. The van der Waals surface area contributed by atoms with Gasteiger partial charge in [-0.3, -0.25) is 4.68 Å². The predicted molar refractivity (Wildman–Crippen MR) is 81.8 cm³/mol. The summed E-state index contributed by atoms with van der Waals surface area (Å²) in [5.74, 6) is 0. The quantitative estimate of drug-likeness (QED) is 0.904. The molecule has 20 heavy (non-hydrogen) atoms. The zero-order valence-electron chi connectivity index (χ0n) is 12.4. The average molecular weight is 269 g/mol. The van der Waals surface area contributed by atoms with E-state index in [-0.39, 0.29) is 0 Å². The van der Waals surface area contributed by atoms with E-state index in [1.165, 1.54) is 30.5 Å². The summed E-state index contributed by atoms with van der Waals surface area (Å²) in [4.78, 5) is 0. The summed E-state index contributed by atoms with van der Waals surface area (Å²) in [6.07, 6.45) is 6.73. The maximum Gasteiger partial charge on any atom is 0.0553 e. The molecule has 0 fully saturated rings. The molecule has 1 aliphatic carbocycles. The Kier molecular flexibility index (Phi) is 3.88. The van der Waals surface area contributed by atoms with Gasteiger partial charge in [0, 0.05) is 13.2 Å². The Morgan fingerprint density at radius 3 is 2.85 bits per heavy atom. The van der Waals surface area contributed by atoms with Crippen LogP contribution >= 0.6 is 0 Å². The van der Waals surface area contributed by atoms with Gasteiger partial charge in [0.25, 0.3) is 0 Å². The van der Waals surface area contributed by atoms with E-state index in [1.807, 2.05) is 17.9 Å². The molecular weight excluding hydrogens is 246 g/mol. The largest absolute Gasteiger partial charge is 0.309 e. The van der Waals surface area contributed by atoms with Gasteiger partial charge in [-0.15, -0.1) is 0 Å². The zero-order valence-corrected chi connectivity index (χ0v) is 12.4. The summed E-state index contributed by atoms with van der Waals surface area (Å²) < 4.78 is 1.97. The fourth-order valence-corrected chi connectivity index (χ4v) is 3.24. The number of hydrogen-bond acceptors (Lipinski definition) is 2. The minimum absolute atomic E-state index is 0.340. The van der Waals surface area contributed by atoms with Crippen LogP contribution in [0.25, 0.3) is 0 Å². The number of aromatic nitrogens is 2. The molecule has 0 aliphatic heterocycles. The molecule has 1 N–H and O–H groups in total. The van der Waals surface area contributed by atoms with Crippen LogP contribution in [0, 0.1) is 0 Å². The van der Waals surface area contributed by atoms with Crippen molar-refractivity contribution in [2.24, 2.45) is 7.05 Å². The molecule has 2 aromatic rings. The summed E-state index contributed by atoms with van der Waals surface area (Å²) in [5.41, 5.74) is 5.79. The topological polar surface area (TPSA) is 29.9 Å². The van der Waals surface area contributed by atoms with Crippen molar-refractivity contribution in [1.82, 2.24) is 15.1 Å². The monoisotopic (exact) mass is 269 g/mol. The predicted octanol–water partition coefficient (Wildman–Crippen LogP) is 2.80. The molecule has 1 unspecified atom stereocenters. The molecular formula is C17H23N3. The first-order valence-corrected chi connectivity index (χ1v) is 7.60. The minimum Gasteiger partial charge on any atom is -0.309 e. The zero-order chi connectivity index (χ0) is 13.9. The molecule has 1 aromatic carbocycles. The van der Waals surface area contributed by atoms with Crippen molar-refractivity contribution in [3.05, 3.63) is 52.8 Å². The van der Waals surface area contributed by atoms with Crippen LogP contribution in [0.2, 0.25) is 0 Å². The molecule has 0 spiro atoms. The number of rotatable bonds is 5. The van der Waals surface area contributed by atoms with Crippen LogP contribution in [0.15, 0.2) is 30.5 Å². The Morgan fingerprint density at radius 2 is 2.10 bits per heavy atom. The molecule has 1 aliphatic rings. The Labute approximate surface area is 121 Å². The lowest BCUT2D eigenvalue weighted by Gasteiger charge is -2.19. The number of aryl methyl sites for hydroxylation is 3. The normalized spacial score (nSPS) is 15.3. The Morgan fingerprint density at radius 1 is 1.25 bits per heavy atom. The average Bonchev–Trinajstić information content (AvgIpc) is 3.06. The Hall–Kier alpha value is -1.61. The van der Waals surface area contributed by atoms with Crippen LogP contribution in [0.5, 0.6) is 0 Å². The lowest BCUT2D eigenvalue weighted by molar-refractivity contribution is 0.508. The van der Waals surface area contributed by atoms with E-state index in [2.05, 4.69) is 41.6 Å². The third kappa shape index (κ3) is 2.63. The number of nitrogens with zero attached hydrogens (tertiary/aromatic N) is 2. The minimum atomic E-state index is 0.340. The van der Waals surface area contributed by atoms with Gasteiger partial charge in [-0.25, -0.2) is 0 Å². The molecule has 3 rings (SSSR count). The van der Waals surface area contributed by atoms with Gasteiger partial charge in [0.15, 0.2) is 0 Å². The molecule has 3 nitrogen and oxygen atoms in total. The first-order chi connectivity index (χ1) is 9.78. The van der Waals surface area contributed by atoms with Gasteiger partial charge < -0.3 is 5.32 Å². The second kappa shape index (κ2) is 5.80. The van der Waals surface area contributed by atoms with E-state index in [0.29, 0.717) is 6.04 Å². The van der Waals surface area contributed by atoms with E-state index in [9.17, 15) is 0 Å². The molecule has 1 atom stereocenters. The maximum atomic E-state index is 4.30. The van der Waals surface area contributed by atoms with Crippen molar-refractivity contribution in [1.29, 1.82) is 0 Å². The third-order valence-electron chi connectivity index (χ3n) is 4.27. The number of benzene rings is 1. The Balaban J connectivity index is 1.81. The molecule has 3 heteroatoms. The summed E-state index contributed by atoms with van der Waals surface area (Å²) in [6.45, 7) is 3.13. The van der Waals surface area contributed by atoms with Crippen LogP contribution in [0.3, 0.4) is 0 Å². The van der Waals surface area contributed by atoms with E-state index in [4.69, 9.17) is 0 Å². The van der Waals surface area contributed by atoms with E-state index >= 15 is 0 Å². The lowest BCUT2D eigenvalue weighted by Crippen LogP contribution is -2.25. The highest BCUT2D eigenvalue weighted by molar-refractivity contribution is 5.36. The van der Waals surface area contributed by atoms with Crippen molar-refractivity contribution in [3.8, 4) is 0 Å². The summed E-state index contributed by atoms with van der Waals surface area (Å²) >= 11 is 0. The standard InChI is InChI=1S/C17H23N3/c1-3-18-16(17-9-10-19-20(17)2)12-13-7-8-14-5-4-6-15(14)11-13/h7-11,16,18H,3-6,12H2,1-2H3. The number of fused-ring (bicyclic) bond motifs is 1. The molecule has 0 saturated carbocycles. The molecule has 1 aromatic heterocycles. The maximum absolute atomic E-state index is 4.30. The van der Waals surface area contributed by atoms with Crippen molar-refractivity contribution in [2.75, 3.05) is 6.54 Å². The van der Waals surface area contributed by atoms with E-state index in [0.717, 1.165) is 13.0 Å². The number of nitrogens with one attached hydrogen (secondary N) is 1. The highest BCUT2D eigenvalue weighted by Gasteiger charge is 2.16. The van der Waals surface area contributed by atoms with Gasteiger partial charge in [0.05, 0.1) is 11.7 Å². The van der Waals surface area contributed by atoms with Crippen LogP contribution in [-0.4, -0.2) is 16.3 Å². The van der Waals surface area contributed by atoms with Crippen LogP contribution in [-0.2, 0) is 26.3 Å². The fraction of sp³-hybridized carbons (Fsp3) is 0.471. The second-order valence-corrected chi connectivity index (χ2v) is 5.65. The second-order valence-electron chi connectivity index (χ2n) is 5.65.